The Morgan fingerprint density at radius 1 is 1.25 bits per heavy atom. The van der Waals surface area contributed by atoms with Crippen LogP contribution in [0.3, 0.4) is 0 Å². The lowest BCUT2D eigenvalue weighted by Gasteiger charge is -2.12. The summed E-state index contributed by atoms with van der Waals surface area (Å²) in [5, 5.41) is 0.741. The minimum Gasteiger partial charge on any atom is -0.324 e. The highest BCUT2D eigenvalue weighted by atomic mass is 79.9. The van der Waals surface area contributed by atoms with E-state index in [4.69, 9.17) is 17.3 Å². The zero-order valence-corrected chi connectivity index (χ0v) is 11.6. The van der Waals surface area contributed by atoms with Crippen molar-refractivity contribution in [3.05, 3.63) is 55.6 Å². The van der Waals surface area contributed by atoms with Gasteiger partial charge in [-0.15, -0.1) is 11.3 Å². The first-order chi connectivity index (χ1) is 7.66. The minimum atomic E-state index is -0.0424. The third kappa shape index (κ3) is 2.86. The van der Waals surface area contributed by atoms with Crippen LogP contribution in [0.5, 0.6) is 0 Å². The van der Waals surface area contributed by atoms with Gasteiger partial charge in [-0.3, -0.25) is 0 Å². The molecular formula is C12H11BrClNS. The van der Waals surface area contributed by atoms with Gasteiger partial charge in [-0.25, -0.2) is 0 Å². The molecule has 2 rings (SSSR count). The van der Waals surface area contributed by atoms with Crippen LogP contribution in [0.25, 0.3) is 0 Å². The highest BCUT2D eigenvalue weighted by Crippen LogP contribution is 2.28. The summed E-state index contributed by atoms with van der Waals surface area (Å²) in [6, 6.07) is 11.8. The van der Waals surface area contributed by atoms with Crippen molar-refractivity contribution < 1.29 is 0 Å². The normalized spacial score (nSPS) is 12.7. The lowest BCUT2D eigenvalue weighted by molar-refractivity contribution is 0.730. The van der Waals surface area contributed by atoms with E-state index in [1.807, 2.05) is 30.3 Å². The second kappa shape index (κ2) is 5.32. The summed E-state index contributed by atoms with van der Waals surface area (Å²) >= 11 is 11.3. The zero-order chi connectivity index (χ0) is 11.5. The van der Waals surface area contributed by atoms with Gasteiger partial charge in [-0.05, 0) is 39.7 Å². The van der Waals surface area contributed by atoms with Crippen LogP contribution < -0.4 is 5.73 Å². The third-order valence-electron chi connectivity index (χ3n) is 2.35. The van der Waals surface area contributed by atoms with E-state index in [-0.39, 0.29) is 6.04 Å². The summed E-state index contributed by atoms with van der Waals surface area (Å²) in [6.45, 7) is 0. The van der Waals surface area contributed by atoms with Gasteiger partial charge in [0.25, 0.3) is 0 Å². The van der Waals surface area contributed by atoms with Crippen LogP contribution in [0.15, 0.2) is 40.2 Å². The maximum absolute atomic E-state index is 6.14. The van der Waals surface area contributed by atoms with E-state index < -0.39 is 0 Å². The van der Waals surface area contributed by atoms with Crippen molar-refractivity contribution in [2.45, 2.75) is 12.5 Å². The Bertz CT molecular complexity index is 483. The molecule has 0 bridgehead atoms. The van der Waals surface area contributed by atoms with E-state index in [0.717, 1.165) is 20.8 Å². The molecule has 4 heteroatoms. The lowest BCUT2D eigenvalue weighted by atomic mass is 10.0. The molecule has 0 aliphatic heterocycles. The largest absolute Gasteiger partial charge is 0.324 e. The molecule has 0 aliphatic rings. The summed E-state index contributed by atoms with van der Waals surface area (Å²) < 4.78 is 1.13. The molecule has 1 heterocycles. The monoisotopic (exact) mass is 315 g/mol. The van der Waals surface area contributed by atoms with Gasteiger partial charge in [0.05, 0.1) is 3.79 Å². The van der Waals surface area contributed by atoms with Crippen molar-refractivity contribution in [2.75, 3.05) is 0 Å². The smallest absolute Gasteiger partial charge is 0.0701 e. The molecule has 0 aliphatic carbocycles. The zero-order valence-electron chi connectivity index (χ0n) is 8.49. The van der Waals surface area contributed by atoms with Crippen LogP contribution in [0, 0.1) is 0 Å². The number of rotatable bonds is 3. The van der Waals surface area contributed by atoms with Crippen LogP contribution in [-0.4, -0.2) is 0 Å². The number of nitrogens with two attached hydrogens (primary N) is 1. The van der Waals surface area contributed by atoms with Gasteiger partial charge < -0.3 is 5.73 Å². The number of benzene rings is 1. The summed E-state index contributed by atoms with van der Waals surface area (Å²) in [7, 11) is 0. The Morgan fingerprint density at radius 3 is 2.62 bits per heavy atom. The van der Waals surface area contributed by atoms with Crippen LogP contribution in [0.2, 0.25) is 5.02 Å². The van der Waals surface area contributed by atoms with Gasteiger partial charge in [0.2, 0.25) is 0 Å². The fourth-order valence-electron chi connectivity index (χ4n) is 1.56. The molecule has 0 fully saturated rings. The van der Waals surface area contributed by atoms with Crippen LogP contribution in [0.1, 0.15) is 16.5 Å². The summed E-state index contributed by atoms with van der Waals surface area (Å²) in [5.41, 5.74) is 7.15. The molecule has 0 amide bonds. The summed E-state index contributed by atoms with van der Waals surface area (Å²) in [4.78, 5) is 1.26. The Morgan fingerprint density at radius 2 is 2.00 bits per heavy atom. The fourth-order valence-corrected chi connectivity index (χ4v) is 3.38. The standard InChI is InChI=1S/C12H11BrClNS/c13-12-6-5-8(16-12)7-11(15)9-3-1-2-4-10(9)14/h1-6,11H,7,15H2. The maximum Gasteiger partial charge on any atom is 0.0701 e. The molecular weight excluding hydrogens is 306 g/mol. The van der Waals surface area contributed by atoms with Crippen LogP contribution >= 0.6 is 38.9 Å². The average Bonchev–Trinajstić information content (AvgIpc) is 2.64. The van der Waals surface area contributed by atoms with E-state index in [1.54, 1.807) is 11.3 Å². The molecule has 0 saturated heterocycles. The first-order valence-electron chi connectivity index (χ1n) is 4.91. The lowest BCUT2D eigenvalue weighted by Crippen LogP contribution is -2.13. The molecule has 1 aromatic carbocycles. The Labute approximate surface area is 112 Å². The van der Waals surface area contributed by atoms with Crippen LogP contribution in [-0.2, 0) is 6.42 Å². The number of halogens is 2. The van der Waals surface area contributed by atoms with Crippen molar-refractivity contribution in [1.29, 1.82) is 0 Å². The predicted octanol–water partition coefficient (Wildman–Crippen LogP) is 4.41. The van der Waals surface area contributed by atoms with Gasteiger partial charge in [0, 0.05) is 22.4 Å². The van der Waals surface area contributed by atoms with E-state index >= 15 is 0 Å². The molecule has 16 heavy (non-hydrogen) atoms. The number of thiophene rings is 1. The fraction of sp³-hybridized carbons (Fsp3) is 0.167. The third-order valence-corrected chi connectivity index (χ3v) is 4.34. The van der Waals surface area contributed by atoms with Crippen molar-refractivity contribution in [1.82, 2.24) is 0 Å². The molecule has 0 saturated carbocycles. The predicted molar refractivity (Wildman–Crippen MR) is 74.1 cm³/mol. The maximum atomic E-state index is 6.14. The van der Waals surface area contributed by atoms with Gasteiger partial charge in [-0.2, -0.15) is 0 Å². The highest BCUT2D eigenvalue weighted by molar-refractivity contribution is 9.11. The molecule has 1 nitrogen and oxygen atoms in total. The summed E-state index contributed by atoms with van der Waals surface area (Å²) in [6.07, 6.45) is 0.819. The minimum absolute atomic E-state index is 0.0424. The average molecular weight is 317 g/mol. The molecule has 2 aromatic rings. The molecule has 2 N–H and O–H groups in total. The SMILES string of the molecule is NC(Cc1ccc(Br)s1)c1ccccc1Cl. The molecule has 0 spiro atoms. The van der Waals surface area contributed by atoms with Gasteiger partial charge in [0.1, 0.15) is 0 Å². The number of hydrogen-bond donors (Lipinski definition) is 1. The second-order valence-corrected chi connectivity index (χ2v) is 6.49. The highest BCUT2D eigenvalue weighted by Gasteiger charge is 2.11. The Hall–Kier alpha value is -0.350. The van der Waals surface area contributed by atoms with E-state index in [0.29, 0.717) is 0 Å². The molecule has 0 radical (unpaired) electrons. The van der Waals surface area contributed by atoms with Gasteiger partial charge in [-0.1, -0.05) is 29.8 Å². The van der Waals surface area contributed by atoms with Crippen molar-refractivity contribution in [3.8, 4) is 0 Å². The molecule has 84 valence electrons. The first kappa shape index (κ1) is 12.1. The van der Waals surface area contributed by atoms with E-state index in [9.17, 15) is 0 Å². The van der Waals surface area contributed by atoms with E-state index in [2.05, 4.69) is 22.0 Å². The molecule has 1 unspecified atom stereocenters. The van der Waals surface area contributed by atoms with Gasteiger partial charge in [0.15, 0.2) is 0 Å². The number of hydrogen-bond acceptors (Lipinski definition) is 2. The second-order valence-electron chi connectivity index (χ2n) is 3.54. The van der Waals surface area contributed by atoms with Crippen molar-refractivity contribution in [3.63, 3.8) is 0 Å². The first-order valence-corrected chi connectivity index (χ1v) is 6.90. The van der Waals surface area contributed by atoms with Crippen molar-refractivity contribution in [2.24, 2.45) is 5.73 Å². The molecule has 1 atom stereocenters. The molecule has 1 aromatic heterocycles. The van der Waals surface area contributed by atoms with Crippen LogP contribution in [0.4, 0.5) is 0 Å². The Balaban J connectivity index is 2.14. The quantitative estimate of drug-likeness (QED) is 0.892. The van der Waals surface area contributed by atoms with Gasteiger partial charge >= 0.3 is 0 Å². The topological polar surface area (TPSA) is 26.0 Å². The Kier molecular flexibility index (Phi) is 4.03. The summed E-state index contributed by atoms with van der Waals surface area (Å²) in [5.74, 6) is 0. The van der Waals surface area contributed by atoms with Crippen molar-refractivity contribution >= 4 is 38.9 Å². The van der Waals surface area contributed by atoms with E-state index in [1.165, 1.54) is 4.88 Å².